The molecule has 6 rings (SSSR count). The molecule has 0 radical (unpaired) electrons. The SMILES string of the molecule is CCOC(=O)c1ccc2c(n1)CCCC2NCC(CCc1ccccc1OCc1ccc(-c2ccc(C(F)(F)F)cc2)cc1Cl)c1ccc(C(=O)OC)cc1. The maximum Gasteiger partial charge on any atom is 0.416 e. The van der Waals surface area contributed by atoms with Crippen LogP contribution in [0.1, 0.15) is 92.5 Å². The van der Waals surface area contributed by atoms with Crippen LogP contribution in [0.15, 0.2) is 103 Å². The highest BCUT2D eigenvalue weighted by molar-refractivity contribution is 6.31. The third kappa shape index (κ3) is 9.92. The maximum atomic E-state index is 13.0. The zero-order valence-corrected chi connectivity index (χ0v) is 31.4. The molecule has 1 aliphatic carbocycles. The summed E-state index contributed by atoms with van der Waals surface area (Å²) >= 11 is 6.64. The lowest BCUT2D eigenvalue weighted by atomic mass is 9.88. The van der Waals surface area contributed by atoms with Crippen LogP contribution in [-0.2, 0) is 35.1 Å². The first-order valence-corrected chi connectivity index (χ1v) is 18.7. The molecule has 2 atom stereocenters. The Morgan fingerprint density at radius 1 is 0.909 bits per heavy atom. The fraction of sp³-hybridized carbons (Fsp3) is 0.295. The van der Waals surface area contributed by atoms with Crippen LogP contribution in [0.4, 0.5) is 13.2 Å². The Labute approximate surface area is 323 Å². The third-order valence-electron chi connectivity index (χ3n) is 9.91. The van der Waals surface area contributed by atoms with Crippen LogP contribution in [0.25, 0.3) is 11.1 Å². The smallest absolute Gasteiger partial charge is 0.416 e. The van der Waals surface area contributed by atoms with Crippen molar-refractivity contribution in [1.29, 1.82) is 0 Å². The van der Waals surface area contributed by atoms with Crippen molar-refractivity contribution < 1.29 is 37.0 Å². The summed E-state index contributed by atoms with van der Waals surface area (Å²) in [5.74, 6) is -0.0140. The highest BCUT2D eigenvalue weighted by Gasteiger charge is 2.30. The molecule has 0 saturated heterocycles. The summed E-state index contributed by atoms with van der Waals surface area (Å²) in [6, 6.07) is 29.5. The second-order valence-electron chi connectivity index (χ2n) is 13.4. The van der Waals surface area contributed by atoms with E-state index in [1.165, 1.54) is 19.2 Å². The standard InChI is InChI=1S/C44H42ClF3N2O5/c1-3-54-43(52)40-24-23-36-38(8-6-9-39(36)50-40)49-26-33(29-11-14-31(15-12-29)42(51)53-2)17-13-30-7-4-5-10-41(30)55-27-34-18-16-32(25-37(34)45)28-19-21-35(22-20-28)44(46,47)48/h4-5,7,10-12,14-16,18-25,33,38,49H,3,6,8-9,13,17,26-27H2,1-2H3. The molecule has 0 amide bonds. The number of ether oxygens (including phenoxy) is 3. The minimum absolute atomic E-state index is 0.0651. The monoisotopic (exact) mass is 770 g/mol. The van der Waals surface area contributed by atoms with Crippen LogP contribution in [0.5, 0.6) is 5.75 Å². The van der Waals surface area contributed by atoms with Crippen molar-refractivity contribution in [3.05, 3.63) is 153 Å². The van der Waals surface area contributed by atoms with Gasteiger partial charge in [-0.2, -0.15) is 13.2 Å². The first kappa shape index (κ1) is 39.5. The molecule has 1 heterocycles. The number of halogens is 4. The van der Waals surface area contributed by atoms with Gasteiger partial charge >= 0.3 is 18.1 Å². The van der Waals surface area contributed by atoms with E-state index >= 15 is 0 Å². The van der Waals surface area contributed by atoms with Gasteiger partial charge in [-0.15, -0.1) is 0 Å². The number of methoxy groups -OCH3 is 1. The van der Waals surface area contributed by atoms with Gasteiger partial charge in [0.25, 0.3) is 0 Å². The van der Waals surface area contributed by atoms with Crippen LogP contribution in [0.3, 0.4) is 0 Å². The van der Waals surface area contributed by atoms with Gasteiger partial charge in [-0.05, 0) is 115 Å². The molecule has 4 aromatic carbocycles. The van der Waals surface area contributed by atoms with E-state index in [1.54, 1.807) is 31.2 Å². The van der Waals surface area contributed by atoms with Crippen LogP contribution >= 0.6 is 11.6 Å². The Morgan fingerprint density at radius 3 is 2.36 bits per heavy atom. The van der Waals surface area contributed by atoms with Crippen molar-refractivity contribution in [2.24, 2.45) is 0 Å². The van der Waals surface area contributed by atoms with E-state index in [0.717, 1.165) is 71.5 Å². The number of fused-ring (bicyclic) bond motifs is 1. The second-order valence-corrected chi connectivity index (χ2v) is 13.8. The average molecular weight is 771 g/mol. The first-order chi connectivity index (χ1) is 26.5. The van der Waals surface area contributed by atoms with Gasteiger partial charge < -0.3 is 19.5 Å². The van der Waals surface area contributed by atoms with E-state index in [9.17, 15) is 22.8 Å². The Morgan fingerprint density at radius 2 is 1.65 bits per heavy atom. The van der Waals surface area contributed by atoms with Gasteiger partial charge in [0.1, 0.15) is 18.1 Å². The number of esters is 2. The molecule has 55 heavy (non-hydrogen) atoms. The normalized spacial score (nSPS) is 14.5. The number of para-hydroxylation sites is 1. The Bertz CT molecular complexity index is 2100. The summed E-state index contributed by atoms with van der Waals surface area (Å²) < 4.78 is 55.5. The number of aryl methyl sites for hydroxylation is 2. The van der Waals surface area contributed by atoms with Crippen LogP contribution in [0, 0.1) is 0 Å². The number of benzene rings is 4. The van der Waals surface area contributed by atoms with E-state index in [0.29, 0.717) is 47.0 Å². The molecule has 7 nitrogen and oxygen atoms in total. The van der Waals surface area contributed by atoms with Gasteiger partial charge in [0.05, 0.1) is 24.8 Å². The van der Waals surface area contributed by atoms with Crippen molar-refractivity contribution in [2.45, 2.75) is 63.8 Å². The van der Waals surface area contributed by atoms with E-state index < -0.39 is 23.7 Å². The first-order valence-electron chi connectivity index (χ1n) is 18.3. The number of pyridine rings is 1. The predicted octanol–water partition coefficient (Wildman–Crippen LogP) is 10.3. The summed E-state index contributed by atoms with van der Waals surface area (Å²) in [6.45, 7) is 2.93. The van der Waals surface area contributed by atoms with E-state index in [2.05, 4.69) is 10.3 Å². The average Bonchev–Trinajstić information content (AvgIpc) is 3.20. The van der Waals surface area contributed by atoms with E-state index in [-0.39, 0.29) is 18.6 Å². The van der Waals surface area contributed by atoms with E-state index in [4.69, 9.17) is 25.8 Å². The van der Waals surface area contributed by atoms with Gasteiger partial charge in [-0.1, -0.05) is 72.3 Å². The number of nitrogens with one attached hydrogen (secondary N) is 1. The molecule has 1 aromatic heterocycles. The lowest BCUT2D eigenvalue weighted by molar-refractivity contribution is -0.137. The molecule has 0 aliphatic heterocycles. The predicted molar refractivity (Wildman–Crippen MR) is 205 cm³/mol. The lowest BCUT2D eigenvalue weighted by Crippen LogP contribution is -2.30. The van der Waals surface area contributed by atoms with Gasteiger partial charge in [0.2, 0.25) is 0 Å². The number of hydrogen-bond donors (Lipinski definition) is 1. The molecule has 0 spiro atoms. The molecule has 1 aliphatic rings. The molecule has 286 valence electrons. The van der Waals surface area contributed by atoms with Crippen molar-refractivity contribution >= 4 is 23.5 Å². The van der Waals surface area contributed by atoms with Crippen molar-refractivity contribution in [3.63, 3.8) is 0 Å². The van der Waals surface area contributed by atoms with Gasteiger partial charge in [0.15, 0.2) is 0 Å². The quantitative estimate of drug-likeness (QED) is 0.113. The number of nitrogens with zero attached hydrogens (tertiary/aromatic N) is 1. The number of carbonyl (C=O) groups is 2. The minimum atomic E-state index is -4.40. The Balaban J connectivity index is 1.15. The topological polar surface area (TPSA) is 86.8 Å². The second kappa shape index (κ2) is 18.0. The van der Waals surface area contributed by atoms with Crippen molar-refractivity contribution in [1.82, 2.24) is 10.3 Å². The summed E-state index contributed by atoms with van der Waals surface area (Å²) in [6.07, 6.45) is -0.256. The number of alkyl halides is 3. The van der Waals surface area contributed by atoms with Gasteiger partial charge in [-0.3, -0.25) is 0 Å². The number of hydrogen-bond acceptors (Lipinski definition) is 7. The maximum absolute atomic E-state index is 13.0. The van der Waals surface area contributed by atoms with Crippen LogP contribution in [-0.4, -0.2) is 37.2 Å². The molecule has 0 fully saturated rings. The van der Waals surface area contributed by atoms with Crippen LogP contribution < -0.4 is 10.1 Å². The molecule has 0 saturated carbocycles. The van der Waals surface area contributed by atoms with Gasteiger partial charge in [0, 0.05) is 28.9 Å². The van der Waals surface area contributed by atoms with Crippen molar-refractivity contribution in [3.8, 4) is 16.9 Å². The zero-order chi connectivity index (χ0) is 39.0. The molecule has 11 heteroatoms. The molecular formula is C44H42ClF3N2O5. The number of carbonyl (C=O) groups excluding carboxylic acids is 2. The highest BCUT2D eigenvalue weighted by Crippen LogP contribution is 2.34. The number of aromatic nitrogens is 1. The Hall–Kier alpha value is -5.19. The fourth-order valence-electron chi connectivity index (χ4n) is 6.90. The molecule has 1 N–H and O–H groups in total. The van der Waals surface area contributed by atoms with Crippen LogP contribution in [0.2, 0.25) is 5.02 Å². The third-order valence-corrected chi connectivity index (χ3v) is 10.3. The van der Waals surface area contributed by atoms with E-state index in [1.807, 2.05) is 54.6 Å². The summed E-state index contributed by atoms with van der Waals surface area (Å²) in [7, 11) is 1.36. The highest BCUT2D eigenvalue weighted by atomic mass is 35.5. The molecule has 5 aromatic rings. The Kier molecular flexibility index (Phi) is 12.9. The molecular weight excluding hydrogens is 729 g/mol. The summed E-state index contributed by atoms with van der Waals surface area (Å²) in [5, 5.41) is 4.24. The summed E-state index contributed by atoms with van der Waals surface area (Å²) in [4.78, 5) is 29.2. The molecule has 2 unspecified atom stereocenters. The lowest BCUT2D eigenvalue weighted by Gasteiger charge is -2.28. The number of rotatable bonds is 14. The summed E-state index contributed by atoms with van der Waals surface area (Å²) in [5.41, 5.74) is 6.27. The zero-order valence-electron chi connectivity index (χ0n) is 30.6. The largest absolute Gasteiger partial charge is 0.489 e. The molecule has 0 bridgehead atoms. The van der Waals surface area contributed by atoms with Gasteiger partial charge in [-0.25, -0.2) is 14.6 Å². The van der Waals surface area contributed by atoms with Crippen molar-refractivity contribution in [2.75, 3.05) is 20.3 Å². The minimum Gasteiger partial charge on any atom is -0.489 e. The fourth-order valence-corrected chi connectivity index (χ4v) is 7.14.